The van der Waals surface area contributed by atoms with Gasteiger partial charge in [0.2, 0.25) is 5.91 Å². The monoisotopic (exact) mass is 390 g/mol. The summed E-state index contributed by atoms with van der Waals surface area (Å²) >= 11 is 0. The first kappa shape index (κ1) is 18.2. The van der Waals surface area contributed by atoms with Gasteiger partial charge in [0, 0.05) is 68.9 Å². The minimum Gasteiger partial charge on any atom is -0.343 e. The molecule has 0 bridgehead atoms. The fourth-order valence-electron chi connectivity index (χ4n) is 4.40. The van der Waals surface area contributed by atoms with Gasteiger partial charge in [0.05, 0.1) is 17.4 Å². The number of fused-ring (bicyclic) bond motifs is 2. The first-order valence-corrected chi connectivity index (χ1v) is 10.5. The van der Waals surface area contributed by atoms with Crippen molar-refractivity contribution in [2.75, 3.05) is 19.6 Å². The van der Waals surface area contributed by atoms with Crippen molar-refractivity contribution < 1.29 is 4.79 Å². The van der Waals surface area contributed by atoms with Crippen LogP contribution in [0, 0.1) is 0 Å². The normalized spacial score (nSPS) is 17.4. The number of hydrogen-bond acceptors (Lipinski definition) is 5. The highest BCUT2D eigenvalue weighted by molar-refractivity contribution is 5.77. The third-order valence-corrected chi connectivity index (χ3v) is 6.13. The van der Waals surface area contributed by atoms with Crippen LogP contribution in [0.3, 0.4) is 0 Å². The first-order valence-electron chi connectivity index (χ1n) is 10.5. The van der Waals surface area contributed by atoms with Gasteiger partial charge in [-0.25, -0.2) is 15.0 Å². The lowest BCUT2D eigenvalue weighted by molar-refractivity contribution is -0.132. The molecule has 1 saturated heterocycles. The number of carbonyl (C=O) groups is 1. The second-order valence-corrected chi connectivity index (χ2v) is 7.96. The van der Waals surface area contributed by atoms with E-state index < -0.39 is 0 Å². The summed E-state index contributed by atoms with van der Waals surface area (Å²) in [6.45, 7) is 4.10. The number of aromatic nitrogens is 4. The molecule has 150 valence electrons. The third kappa shape index (κ3) is 3.74. The maximum Gasteiger partial charge on any atom is 0.224 e. The molecule has 1 N–H and O–H groups in total. The first-order chi connectivity index (χ1) is 14.3. The molecule has 0 atom stereocenters. The summed E-state index contributed by atoms with van der Waals surface area (Å²) in [6.07, 6.45) is 7.18. The molecule has 2 aliphatic rings. The summed E-state index contributed by atoms with van der Waals surface area (Å²) in [7, 11) is 0. The van der Waals surface area contributed by atoms with Gasteiger partial charge in [-0.3, -0.25) is 4.79 Å². The van der Waals surface area contributed by atoms with Crippen molar-refractivity contribution in [2.24, 2.45) is 0 Å². The predicted octanol–water partition coefficient (Wildman–Crippen LogP) is 2.27. The molecule has 0 saturated carbocycles. The maximum atomic E-state index is 12.7. The topological polar surface area (TPSA) is 75.9 Å². The van der Waals surface area contributed by atoms with Crippen molar-refractivity contribution in [1.82, 2.24) is 29.7 Å². The Hall–Kier alpha value is -2.80. The average Bonchev–Trinajstić information content (AvgIpc) is 3.20. The molecule has 1 fully saturated rings. The van der Waals surface area contributed by atoms with Crippen molar-refractivity contribution >= 4 is 16.9 Å². The van der Waals surface area contributed by atoms with Crippen LogP contribution in [0.5, 0.6) is 0 Å². The predicted molar refractivity (Wildman–Crippen MR) is 110 cm³/mol. The molecular formula is C22H26N6O. The van der Waals surface area contributed by atoms with E-state index in [-0.39, 0.29) is 5.91 Å². The smallest absolute Gasteiger partial charge is 0.224 e. The fourth-order valence-corrected chi connectivity index (χ4v) is 4.40. The van der Waals surface area contributed by atoms with Crippen LogP contribution in [-0.4, -0.2) is 50.0 Å². The van der Waals surface area contributed by atoms with Crippen molar-refractivity contribution in [2.45, 2.75) is 44.7 Å². The number of imidazole rings is 1. The summed E-state index contributed by atoms with van der Waals surface area (Å²) in [5.41, 5.74) is 4.47. The quantitative estimate of drug-likeness (QED) is 0.740. The molecule has 2 aromatic heterocycles. The van der Waals surface area contributed by atoms with Crippen LogP contribution in [0.4, 0.5) is 0 Å². The van der Waals surface area contributed by atoms with Crippen LogP contribution >= 0.6 is 0 Å². The Kier molecular flexibility index (Phi) is 4.97. The van der Waals surface area contributed by atoms with Gasteiger partial charge in [-0.15, -0.1) is 0 Å². The molecule has 0 radical (unpaired) electrons. The number of likely N-dealkylation sites (tertiary alicyclic amines) is 1. The third-order valence-electron chi connectivity index (χ3n) is 6.13. The van der Waals surface area contributed by atoms with Crippen molar-refractivity contribution in [3.8, 4) is 0 Å². The Bertz CT molecular complexity index is 1020. The van der Waals surface area contributed by atoms with E-state index in [1.165, 1.54) is 11.3 Å². The zero-order valence-electron chi connectivity index (χ0n) is 16.5. The van der Waals surface area contributed by atoms with Gasteiger partial charge >= 0.3 is 0 Å². The molecule has 0 aliphatic carbocycles. The van der Waals surface area contributed by atoms with Crippen LogP contribution in [0.25, 0.3) is 11.0 Å². The number of aryl methyl sites for hydroxylation is 1. The number of amides is 1. The molecule has 1 aromatic carbocycles. The highest BCUT2D eigenvalue weighted by Gasteiger charge is 2.26. The highest BCUT2D eigenvalue weighted by atomic mass is 16.2. The lowest BCUT2D eigenvalue weighted by Gasteiger charge is -2.31. The molecule has 1 amide bonds. The number of para-hydroxylation sites is 2. The lowest BCUT2D eigenvalue weighted by atomic mass is 9.95. The number of benzene rings is 1. The van der Waals surface area contributed by atoms with Gasteiger partial charge < -0.3 is 14.8 Å². The number of nitrogens with one attached hydrogen (secondary N) is 1. The summed E-state index contributed by atoms with van der Waals surface area (Å²) < 4.78 is 2.07. The van der Waals surface area contributed by atoms with E-state index in [9.17, 15) is 4.79 Å². The van der Waals surface area contributed by atoms with Crippen LogP contribution in [0.2, 0.25) is 0 Å². The molecular weight excluding hydrogens is 364 g/mol. The average molecular weight is 390 g/mol. The molecule has 0 unspecified atom stereocenters. The summed E-state index contributed by atoms with van der Waals surface area (Å²) in [5.74, 6) is 1.54. The molecule has 2 aliphatic heterocycles. The van der Waals surface area contributed by atoms with Crippen molar-refractivity contribution in [3.05, 3.63) is 53.9 Å². The summed E-state index contributed by atoms with van der Waals surface area (Å²) in [6, 6.07) is 8.04. The molecule has 0 spiro atoms. The lowest BCUT2D eigenvalue weighted by Crippen LogP contribution is -2.38. The van der Waals surface area contributed by atoms with Crippen LogP contribution in [-0.2, 0) is 24.3 Å². The number of rotatable bonds is 4. The van der Waals surface area contributed by atoms with E-state index >= 15 is 0 Å². The molecule has 7 heteroatoms. The number of nitrogens with zero attached hydrogens (tertiary/aromatic N) is 5. The molecule has 7 nitrogen and oxygen atoms in total. The second kappa shape index (κ2) is 7.91. The van der Waals surface area contributed by atoms with E-state index in [1.54, 1.807) is 0 Å². The number of piperidine rings is 1. The Morgan fingerprint density at radius 1 is 1.17 bits per heavy atom. The Morgan fingerprint density at radius 3 is 2.93 bits per heavy atom. The van der Waals surface area contributed by atoms with Crippen molar-refractivity contribution in [3.63, 3.8) is 0 Å². The van der Waals surface area contributed by atoms with E-state index in [4.69, 9.17) is 4.98 Å². The van der Waals surface area contributed by atoms with Gasteiger partial charge in [0.25, 0.3) is 0 Å². The van der Waals surface area contributed by atoms with Crippen LogP contribution < -0.4 is 5.32 Å². The van der Waals surface area contributed by atoms with E-state index in [0.717, 1.165) is 62.3 Å². The van der Waals surface area contributed by atoms with E-state index in [2.05, 4.69) is 19.9 Å². The summed E-state index contributed by atoms with van der Waals surface area (Å²) in [4.78, 5) is 28.6. The largest absolute Gasteiger partial charge is 0.343 e. The molecule has 29 heavy (non-hydrogen) atoms. The van der Waals surface area contributed by atoms with E-state index in [0.29, 0.717) is 18.9 Å². The van der Waals surface area contributed by atoms with Gasteiger partial charge in [0.1, 0.15) is 5.82 Å². The zero-order valence-corrected chi connectivity index (χ0v) is 16.5. The Labute approximate surface area is 170 Å². The van der Waals surface area contributed by atoms with Crippen LogP contribution in [0.15, 0.2) is 36.8 Å². The van der Waals surface area contributed by atoms with Gasteiger partial charge in [-0.2, -0.15) is 0 Å². The molecule has 3 aromatic rings. The van der Waals surface area contributed by atoms with Gasteiger partial charge in [0.15, 0.2) is 0 Å². The van der Waals surface area contributed by atoms with Crippen LogP contribution in [0.1, 0.15) is 42.3 Å². The zero-order chi connectivity index (χ0) is 19.6. The SMILES string of the molecule is O=C(CCn1cnc2ccccc21)N1CCC(c2ncc3c(n2)CCNC3)CC1. The molecule has 4 heterocycles. The van der Waals surface area contributed by atoms with Crippen molar-refractivity contribution in [1.29, 1.82) is 0 Å². The summed E-state index contributed by atoms with van der Waals surface area (Å²) in [5, 5.41) is 3.36. The second-order valence-electron chi connectivity index (χ2n) is 7.96. The molecule has 5 rings (SSSR count). The Balaban J connectivity index is 1.17. The standard InChI is InChI=1S/C22H26N6O/c29-21(8-12-28-15-25-19-3-1-2-4-20(19)28)27-10-6-16(7-11-27)22-24-14-17-13-23-9-5-18(17)26-22/h1-4,14-16,23H,5-13H2. The van der Waals surface area contributed by atoms with Gasteiger partial charge in [-0.1, -0.05) is 12.1 Å². The number of carbonyl (C=O) groups excluding carboxylic acids is 1. The number of hydrogen-bond donors (Lipinski definition) is 1. The maximum absolute atomic E-state index is 12.7. The highest BCUT2D eigenvalue weighted by Crippen LogP contribution is 2.27. The minimum atomic E-state index is 0.221. The van der Waals surface area contributed by atoms with E-state index in [1.807, 2.05) is 41.7 Å². The Morgan fingerprint density at radius 2 is 2.03 bits per heavy atom. The minimum absolute atomic E-state index is 0.221. The fraction of sp³-hybridized carbons (Fsp3) is 0.455. The van der Waals surface area contributed by atoms with Gasteiger partial charge in [-0.05, 0) is 25.0 Å².